The van der Waals surface area contributed by atoms with Crippen molar-refractivity contribution in [2.75, 3.05) is 47.4 Å². The number of fused-ring (bicyclic) bond motifs is 6. The predicted octanol–water partition coefficient (Wildman–Crippen LogP) is 6.47. The Labute approximate surface area is 441 Å². The van der Waals surface area contributed by atoms with Crippen LogP contribution < -0.4 is 10.7 Å². The number of ether oxygens (including phenoxy) is 2. The molecule has 3 aliphatic rings. The second kappa shape index (κ2) is 23.9. The number of hydrazine groups is 1. The summed E-state index contributed by atoms with van der Waals surface area (Å²) in [6.07, 6.45) is 9.10. The standard InChI is InChI=1S/C58H79N7O10/c1-10-12-13-25-62(7)26-15-18-49(67)40-21-23-57(72,33-40)54(70)63(8)50(37(3)4)52(68)60-46-30-38-28-41(31-42(66)29-38)39-19-20-48-44(32-39)45(51(64(48)11-2)43-17-14-24-59-47(43)35-74-9)34-56(5,6)36-75-55(71)58(73)22-16-27-65(61-58)53(46)69/h14-15,17-20,24,28-29,31-32,37,40,46,50,61,66,72-73H,10-13,16,21-23,25-27,30,33-36H2,1-9H3,(H,60,68)/b18-15-/t40?,46-,50-,57+,58-/m0/s1. The Kier molecular flexibility index (Phi) is 18.1. The molecule has 6 bridgehead atoms. The Morgan fingerprint density at radius 2 is 1.81 bits per heavy atom. The van der Waals surface area contributed by atoms with E-state index >= 15 is 0 Å². The van der Waals surface area contributed by atoms with E-state index in [1.165, 1.54) is 24.1 Å². The lowest BCUT2D eigenvalue weighted by atomic mass is 9.84. The van der Waals surface area contributed by atoms with E-state index in [4.69, 9.17) is 14.5 Å². The van der Waals surface area contributed by atoms with Crippen LogP contribution in [0.2, 0.25) is 0 Å². The number of aryl methyl sites for hydroxylation is 1. The van der Waals surface area contributed by atoms with Crippen LogP contribution >= 0.6 is 0 Å². The number of phenolic OH excluding ortho intramolecular Hbond substituents is 1. The third kappa shape index (κ3) is 12.8. The quantitative estimate of drug-likeness (QED) is 0.0436. The summed E-state index contributed by atoms with van der Waals surface area (Å²) >= 11 is 0. The fourth-order valence-corrected chi connectivity index (χ4v) is 11.3. The number of aliphatic hydroxyl groups is 2. The smallest absolute Gasteiger partial charge is 0.355 e. The van der Waals surface area contributed by atoms with E-state index in [0.717, 1.165) is 69.8 Å². The molecule has 1 saturated heterocycles. The van der Waals surface area contributed by atoms with Crippen LogP contribution in [-0.2, 0) is 59.4 Å². The molecule has 0 spiro atoms. The molecule has 17 heteroatoms. The molecule has 4 heterocycles. The van der Waals surface area contributed by atoms with Gasteiger partial charge in [-0.05, 0) is 130 Å². The normalized spacial score (nSPS) is 22.7. The lowest BCUT2D eigenvalue weighted by molar-refractivity contribution is -0.189. The summed E-state index contributed by atoms with van der Waals surface area (Å²) in [6.45, 7) is 14.1. The number of aromatic hydroxyl groups is 1. The zero-order valence-electron chi connectivity index (χ0n) is 45.4. The van der Waals surface area contributed by atoms with Crippen molar-refractivity contribution in [2.24, 2.45) is 17.3 Å². The average molecular weight is 1030 g/mol. The van der Waals surface area contributed by atoms with E-state index in [2.05, 4.69) is 40.1 Å². The molecule has 2 fully saturated rings. The maximum Gasteiger partial charge on any atom is 0.355 e. The first-order valence-corrected chi connectivity index (χ1v) is 26.7. The van der Waals surface area contributed by atoms with Crippen molar-refractivity contribution >= 4 is 40.4 Å². The van der Waals surface area contributed by atoms with Gasteiger partial charge in [-0.25, -0.2) is 4.79 Å². The van der Waals surface area contributed by atoms with Crippen molar-refractivity contribution in [3.8, 4) is 28.1 Å². The van der Waals surface area contributed by atoms with Gasteiger partial charge in [0.05, 0.1) is 24.6 Å². The van der Waals surface area contributed by atoms with Crippen LogP contribution in [0.5, 0.6) is 5.75 Å². The van der Waals surface area contributed by atoms with E-state index in [1.807, 2.05) is 57.3 Å². The SMILES string of the molecule is CCCCCN(C)C/C=C\C(=O)C1CC[C@](O)(C(=O)N(C)[C@H](C(=O)N[C@H]2Cc3cc(O)cc(c3)-c3ccc4c(c3)c(c(-c3cccnc3COC)n4CC)CC(C)(C)COC(=O)[C@@]3(O)CCCN(N3)C2=O)C(C)C)C1. The number of benzene rings is 2. The molecule has 3 amide bonds. The highest BCUT2D eigenvalue weighted by molar-refractivity contribution is 5.97. The molecule has 1 unspecified atom stereocenters. The first kappa shape index (κ1) is 56.7. The number of nitrogens with zero attached hydrogens (tertiary/aromatic N) is 5. The number of ketones is 1. The summed E-state index contributed by atoms with van der Waals surface area (Å²) in [6, 6.07) is 12.5. The van der Waals surface area contributed by atoms with Crippen LogP contribution in [-0.4, -0.2) is 140 Å². The van der Waals surface area contributed by atoms with E-state index in [1.54, 1.807) is 33.2 Å². The number of likely N-dealkylation sites (N-methyl/N-ethyl adjacent to an activating group) is 2. The molecule has 75 heavy (non-hydrogen) atoms. The van der Waals surface area contributed by atoms with Crippen molar-refractivity contribution in [3.63, 3.8) is 0 Å². The van der Waals surface area contributed by atoms with Gasteiger partial charge >= 0.3 is 5.97 Å². The van der Waals surface area contributed by atoms with Crippen molar-refractivity contribution in [1.29, 1.82) is 0 Å². The molecule has 2 aliphatic heterocycles. The van der Waals surface area contributed by atoms with Crippen LogP contribution in [0.15, 0.2) is 66.9 Å². The minimum Gasteiger partial charge on any atom is -0.508 e. The zero-order chi connectivity index (χ0) is 54.4. The number of carbonyl (C=O) groups excluding carboxylic acids is 5. The Balaban J connectivity index is 1.22. The largest absolute Gasteiger partial charge is 0.508 e. The molecule has 5 atom stereocenters. The maximum absolute atomic E-state index is 14.9. The van der Waals surface area contributed by atoms with Crippen molar-refractivity contribution in [1.82, 2.24) is 35.1 Å². The lowest BCUT2D eigenvalue weighted by Gasteiger charge is -2.40. The Morgan fingerprint density at radius 3 is 2.53 bits per heavy atom. The van der Waals surface area contributed by atoms with Gasteiger partial charge in [0, 0.05) is 80.6 Å². The fourth-order valence-electron chi connectivity index (χ4n) is 11.3. The minimum atomic E-state index is -2.30. The van der Waals surface area contributed by atoms with Gasteiger partial charge in [-0.1, -0.05) is 65.7 Å². The topological polar surface area (TPSA) is 216 Å². The summed E-state index contributed by atoms with van der Waals surface area (Å²) in [5.74, 6) is -4.36. The van der Waals surface area contributed by atoms with Gasteiger partial charge in [0.25, 0.3) is 11.8 Å². The van der Waals surface area contributed by atoms with E-state index in [9.17, 15) is 39.3 Å². The number of aromatic nitrogens is 2. The number of unbranched alkanes of at least 4 members (excludes halogenated alkanes) is 2. The molecule has 0 radical (unpaired) electrons. The van der Waals surface area contributed by atoms with Gasteiger partial charge in [0.1, 0.15) is 23.4 Å². The third-order valence-corrected chi connectivity index (χ3v) is 15.1. The number of phenols is 1. The lowest BCUT2D eigenvalue weighted by Crippen LogP contribution is -2.67. The van der Waals surface area contributed by atoms with Gasteiger partial charge in [0.15, 0.2) is 5.78 Å². The van der Waals surface area contributed by atoms with Crippen LogP contribution in [0, 0.1) is 17.3 Å². The highest BCUT2D eigenvalue weighted by Gasteiger charge is 2.50. The first-order valence-electron chi connectivity index (χ1n) is 26.7. The molecule has 2 aromatic heterocycles. The average Bonchev–Trinajstić information content (AvgIpc) is 3.92. The Bertz CT molecular complexity index is 2770. The van der Waals surface area contributed by atoms with Crippen LogP contribution in [0.1, 0.15) is 110 Å². The number of methoxy groups -OCH3 is 1. The van der Waals surface area contributed by atoms with Crippen molar-refractivity contribution < 1.29 is 48.8 Å². The number of allylic oxidation sites excluding steroid dienone is 1. The molecule has 1 saturated carbocycles. The molecular formula is C58H79N7O10. The fraction of sp³-hybridized carbons (Fsp3) is 0.552. The molecular weight excluding hydrogens is 955 g/mol. The van der Waals surface area contributed by atoms with Gasteiger partial charge < -0.3 is 44.5 Å². The highest BCUT2D eigenvalue weighted by atomic mass is 16.6. The van der Waals surface area contributed by atoms with E-state index in [-0.39, 0.29) is 63.4 Å². The van der Waals surface area contributed by atoms with Crippen LogP contribution in [0.25, 0.3) is 33.3 Å². The number of pyridine rings is 1. The van der Waals surface area contributed by atoms with Crippen molar-refractivity contribution in [3.05, 3.63) is 83.7 Å². The van der Waals surface area contributed by atoms with E-state index in [0.29, 0.717) is 37.1 Å². The molecule has 4 aromatic rings. The number of hydrogen-bond donors (Lipinski definition) is 5. The Morgan fingerprint density at radius 1 is 1.04 bits per heavy atom. The molecule has 1 aliphatic carbocycles. The minimum absolute atomic E-state index is 0.0356. The second-order valence-electron chi connectivity index (χ2n) is 22.2. The number of hydrogen-bond acceptors (Lipinski definition) is 13. The number of rotatable bonds is 17. The summed E-state index contributed by atoms with van der Waals surface area (Å²) < 4.78 is 13.8. The molecule has 17 nitrogen and oxygen atoms in total. The maximum atomic E-state index is 14.9. The summed E-state index contributed by atoms with van der Waals surface area (Å²) in [7, 11) is 5.07. The van der Waals surface area contributed by atoms with Crippen molar-refractivity contribution in [2.45, 2.75) is 142 Å². The summed E-state index contributed by atoms with van der Waals surface area (Å²) in [5.41, 5.74) is 4.32. The van der Waals surface area contributed by atoms with Gasteiger partial charge in [-0.2, -0.15) is 5.43 Å². The first-order chi connectivity index (χ1) is 35.6. The number of nitrogens with one attached hydrogen (secondary N) is 2. The number of amides is 3. The molecule has 5 N–H and O–H groups in total. The second-order valence-corrected chi connectivity index (χ2v) is 22.2. The third-order valence-electron chi connectivity index (χ3n) is 15.1. The molecule has 406 valence electrons. The molecule has 7 rings (SSSR count). The van der Waals surface area contributed by atoms with Crippen LogP contribution in [0.3, 0.4) is 0 Å². The van der Waals surface area contributed by atoms with Gasteiger partial charge in [0.2, 0.25) is 11.6 Å². The van der Waals surface area contributed by atoms with Gasteiger partial charge in [-0.3, -0.25) is 29.2 Å². The molecule has 2 aromatic carbocycles. The number of esters is 1. The zero-order valence-corrected chi connectivity index (χ0v) is 45.4. The number of cyclic esters (lactones) is 1. The number of carbonyl (C=O) groups is 5. The predicted molar refractivity (Wildman–Crippen MR) is 287 cm³/mol. The summed E-state index contributed by atoms with van der Waals surface area (Å²) in [5, 5.41) is 40.2. The van der Waals surface area contributed by atoms with Gasteiger partial charge in [-0.15, -0.1) is 0 Å². The highest BCUT2D eigenvalue weighted by Crippen LogP contribution is 2.42. The summed E-state index contributed by atoms with van der Waals surface area (Å²) in [4.78, 5) is 79.4. The Hall–Kier alpha value is -5.98. The van der Waals surface area contributed by atoms with E-state index < -0.39 is 64.4 Å². The van der Waals surface area contributed by atoms with Crippen LogP contribution in [0.4, 0.5) is 0 Å². The monoisotopic (exact) mass is 1030 g/mol.